The topological polar surface area (TPSA) is 107 Å². The van der Waals surface area contributed by atoms with Crippen LogP contribution in [0.1, 0.15) is 12.6 Å². The zero-order valence-electron chi connectivity index (χ0n) is 14.1. The molecule has 1 aliphatic heterocycles. The number of hydrogen-bond acceptors (Lipinski definition) is 7. The van der Waals surface area contributed by atoms with E-state index in [9.17, 15) is 19.7 Å². The van der Waals surface area contributed by atoms with Crippen molar-refractivity contribution in [2.75, 3.05) is 11.1 Å². The van der Waals surface area contributed by atoms with Gasteiger partial charge >= 0.3 is 0 Å². The molecule has 1 amide bonds. The predicted molar refractivity (Wildman–Crippen MR) is 101 cm³/mol. The van der Waals surface area contributed by atoms with E-state index in [4.69, 9.17) is 0 Å². The van der Waals surface area contributed by atoms with Crippen LogP contribution < -0.4 is 10.9 Å². The van der Waals surface area contributed by atoms with E-state index in [0.717, 1.165) is 12.1 Å². The highest BCUT2D eigenvalue weighted by atomic mass is 32.2. The van der Waals surface area contributed by atoms with Gasteiger partial charge in [0.1, 0.15) is 0 Å². The van der Waals surface area contributed by atoms with Crippen LogP contribution in [-0.4, -0.2) is 31.4 Å². The maximum Gasteiger partial charge on any atom is 0.269 e. The summed E-state index contributed by atoms with van der Waals surface area (Å²) in [6.07, 6.45) is 0.749. The van der Waals surface area contributed by atoms with Crippen LogP contribution >= 0.6 is 23.5 Å². The second kappa shape index (κ2) is 7.50. The molecule has 26 heavy (non-hydrogen) atoms. The summed E-state index contributed by atoms with van der Waals surface area (Å²) in [5, 5.41) is 14.1. The summed E-state index contributed by atoms with van der Waals surface area (Å²) in [6, 6.07) is 5.60. The lowest BCUT2D eigenvalue weighted by atomic mass is 10.2. The Morgan fingerprint density at radius 1 is 1.46 bits per heavy atom. The summed E-state index contributed by atoms with van der Waals surface area (Å²) >= 11 is 2.72. The smallest absolute Gasteiger partial charge is 0.269 e. The van der Waals surface area contributed by atoms with Crippen molar-refractivity contribution >= 4 is 40.8 Å². The Kier molecular flexibility index (Phi) is 5.33. The van der Waals surface area contributed by atoms with Gasteiger partial charge in [0.25, 0.3) is 11.2 Å². The van der Waals surface area contributed by atoms with Gasteiger partial charge in [-0.05, 0) is 12.1 Å². The molecule has 0 aliphatic carbocycles. The zero-order valence-corrected chi connectivity index (χ0v) is 15.7. The van der Waals surface area contributed by atoms with Gasteiger partial charge in [-0.3, -0.25) is 24.3 Å². The number of carbonyl (C=O) groups excluding carboxylic acids is 1. The average Bonchev–Trinajstić information content (AvgIpc) is 2.98. The number of rotatable bonds is 5. The number of thioether (sulfide) groups is 2. The van der Waals surface area contributed by atoms with E-state index in [1.807, 2.05) is 0 Å². The van der Waals surface area contributed by atoms with E-state index in [-0.39, 0.29) is 22.9 Å². The highest BCUT2D eigenvalue weighted by Gasteiger charge is 2.25. The van der Waals surface area contributed by atoms with Gasteiger partial charge in [0.05, 0.1) is 21.3 Å². The predicted octanol–water partition coefficient (Wildman–Crippen LogP) is 2.46. The van der Waals surface area contributed by atoms with Gasteiger partial charge in [-0.15, -0.1) is 11.8 Å². The standard InChI is InChI=1S/C16H16N4O4S2/c1-9-7-12-14(26-9)15(22)19(2)16(18-12)25-8-13(21)17-10-3-5-11(6-4-10)20(23)24/h3-6,9H,7-8H2,1-2H3,(H,17,21)/t9-/m0/s1. The molecule has 0 fully saturated rings. The van der Waals surface area contributed by atoms with Crippen molar-refractivity contribution in [3.05, 3.63) is 50.4 Å². The molecular formula is C16H16N4O4S2. The number of hydrogen-bond donors (Lipinski definition) is 1. The number of nitrogens with zero attached hydrogens (tertiary/aromatic N) is 3. The molecule has 0 radical (unpaired) electrons. The first-order valence-electron chi connectivity index (χ1n) is 7.79. The maximum atomic E-state index is 12.4. The third kappa shape index (κ3) is 3.91. The minimum absolute atomic E-state index is 0.0400. The minimum atomic E-state index is -0.499. The van der Waals surface area contributed by atoms with Crippen LogP contribution in [0.5, 0.6) is 0 Å². The van der Waals surface area contributed by atoms with Crippen LogP contribution in [0, 0.1) is 10.1 Å². The molecule has 1 N–H and O–H groups in total. The first kappa shape index (κ1) is 18.5. The maximum absolute atomic E-state index is 12.4. The van der Waals surface area contributed by atoms with Gasteiger partial charge in [0, 0.05) is 36.5 Å². The highest BCUT2D eigenvalue weighted by molar-refractivity contribution is 8.00. The molecule has 3 rings (SSSR count). The van der Waals surface area contributed by atoms with Crippen molar-refractivity contribution in [3.63, 3.8) is 0 Å². The second-order valence-electron chi connectivity index (χ2n) is 5.81. The molecule has 0 saturated heterocycles. The fraction of sp³-hybridized carbons (Fsp3) is 0.312. The van der Waals surface area contributed by atoms with E-state index in [0.29, 0.717) is 21.0 Å². The summed E-state index contributed by atoms with van der Waals surface area (Å²) in [5.74, 6) is -0.194. The first-order chi connectivity index (χ1) is 12.3. The lowest BCUT2D eigenvalue weighted by molar-refractivity contribution is -0.384. The number of carbonyl (C=O) groups is 1. The number of benzene rings is 1. The van der Waals surface area contributed by atoms with Crippen LogP contribution in [0.2, 0.25) is 0 Å². The van der Waals surface area contributed by atoms with Gasteiger partial charge in [-0.2, -0.15) is 0 Å². The summed E-state index contributed by atoms with van der Waals surface area (Å²) in [5.41, 5.74) is 1.15. The lowest BCUT2D eigenvalue weighted by Gasteiger charge is -2.09. The van der Waals surface area contributed by atoms with Gasteiger partial charge < -0.3 is 5.32 Å². The van der Waals surface area contributed by atoms with Gasteiger partial charge in [-0.25, -0.2) is 4.98 Å². The average molecular weight is 392 g/mol. The van der Waals surface area contributed by atoms with E-state index in [1.54, 1.807) is 7.05 Å². The Balaban J connectivity index is 1.65. The summed E-state index contributed by atoms with van der Waals surface area (Å²) in [7, 11) is 1.65. The minimum Gasteiger partial charge on any atom is -0.325 e. The zero-order chi connectivity index (χ0) is 18.8. The molecule has 1 aliphatic rings. The Bertz CT molecular complexity index is 927. The van der Waals surface area contributed by atoms with Crippen LogP contribution in [0.4, 0.5) is 11.4 Å². The van der Waals surface area contributed by atoms with Gasteiger partial charge in [0.15, 0.2) is 5.16 Å². The van der Waals surface area contributed by atoms with Crippen molar-refractivity contribution in [1.29, 1.82) is 0 Å². The van der Waals surface area contributed by atoms with Crippen LogP contribution in [-0.2, 0) is 18.3 Å². The van der Waals surface area contributed by atoms with E-state index in [2.05, 4.69) is 17.2 Å². The third-order valence-electron chi connectivity index (χ3n) is 3.77. The SMILES string of the molecule is C[C@H]1Cc2nc(SCC(=O)Nc3ccc([N+](=O)[O-])cc3)n(C)c(=O)c2S1. The fourth-order valence-electron chi connectivity index (χ4n) is 2.50. The Morgan fingerprint density at radius 3 is 2.81 bits per heavy atom. The molecule has 2 heterocycles. The van der Waals surface area contributed by atoms with Gasteiger partial charge in [0.2, 0.25) is 5.91 Å². The summed E-state index contributed by atoms with van der Waals surface area (Å²) < 4.78 is 1.47. The molecule has 10 heteroatoms. The van der Waals surface area contributed by atoms with Crippen LogP contribution in [0.3, 0.4) is 0 Å². The normalized spacial score (nSPS) is 15.5. The van der Waals surface area contributed by atoms with Crippen molar-refractivity contribution in [1.82, 2.24) is 9.55 Å². The number of nitro groups is 1. The monoisotopic (exact) mass is 392 g/mol. The van der Waals surface area contributed by atoms with Crippen molar-refractivity contribution < 1.29 is 9.72 Å². The van der Waals surface area contributed by atoms with Crippen LogP contribution in [0.15, 0.2) is 39.1 Å². The lowest BCUT2D eigenvalue weighted by Crippen LogP contribution is -2.23. The van der Waals surface area contributed by atoms with Crippen molar-refractivity contribution in [3.8, 4) is 0 Å². The molecule has 0 bridgehead atoms. The van der Waals surface area contributed by atoms with Crippen LogP contribution in [0.25, 0.3) is 0 Å². The number of nitro benzene ring substituents is 1. The molecule has 0 spiro atoms. The number of amides is 1. The molecule has 1 aromatic heterocycles. The Hall–Kier alpha value is -2.33. The number of anilines is 1. The number of non-ortho nitro benzene ring substituents is 1. The number of nitrogens with one attached hydrogen (secondary N) is 1. The van der Waals surface area contributed by atoms with E-state index in [1.165, 1.54) is 52.4 Å². The van der Waals surface area contributed by atoms with E-state index < -0.39 is 4.92 Å². The fourth-order valence-corrected chi connectivity index (χ4v) is 4.43. The summed E-state index contributed by atoms with van der Waals surface area (Å²) in [4.78, 5) is 39.8. The Labute approximate surface area is 157 Å². The molecule has 1 atom stereocenters. The van der Waals surface area contributed by atoms with Gasteiger partial charge in [-0.1, -0.05) is 18.7 Å². The molecule has 0 unspecified atom stereocenters. The molecule has 1 aromatic carbocycles. The number of aromatic nitrogens is 2. The molecular weight excluding hydrogens is 376 g/mol. The second-order valence-corrected chi connectivity index (χ2v) is 8.20. The first-order valence-corrected chi connectivity index (χ1v) is 9.65. The summed E-state index contributed by atoms with van der Waals surface area (Å²) in [6.45, 7) is 2.05. The largest absolute Gasteiger partial charge is 0.325 e. The van der Waals surface area contributed by atoms with Crippen molar-refractivity contribution in [2.45, 2.75) is 28.6 Å². The highest BCUT2D eigenvalue weighted by Crippen LogP contribution is 2.33. The number of fused-ring (bicyclic) bond motifs is 1. The molecule has 136 valence electrons. The Morgan fingerprint density at radius 2 is 2.15 bits per heavy atom. The molecule has 2 aromatic rings. The van der Waals surface area contributed by atoms with E-state index >= 15 is 0 Å². The van der Waals surface area contributed by atoms with Crippen molar-refractivity contribution in [2.24, 2.45) is 7.05 Å². The molecule has 8 nitrogen and oxygen atoms in total. The molecule has 0 saturated carbocycles. The quantitative estimate of drug-likeness (QED) is 0.360. The third-order valence-corrected chi connectivity index (χ3v) is 6.02.